The van der Waals surface area contributed by atoms with Gasteiger partial charge in [0.25, 0.3) is 5.91 Å². The maximum absolute atomic E-state index is 12.6. The Morgan fingerprint density at radius 1 is 1.10 bits per heavy atom. The second-order valence-electron chi connectivity index (χ2n) is 6.84. The number of methoxy groups -OCH3 is 1. The van der Waals surface area contributed by atoms with Crippen molar-refractivity contribution in [3.8, 4) is 11.5 Å². The molecule has 1 aliphatic rings. The zero-order chi connectivity index (χ0) is 20.7. The summed E-state index contributed by atoms with van der Waals surface area (Å²) < 4.78 is 37.2. The summed E-state index contributed by atoms with van der Waals surface area (Å²) in [4.78, 5) is 11.9. The van der Waals surface area contributed by atoms with Gasteiger partial charge in [-0.2, -0.15) is 4.31 Å². The summed E-state index contributed by atoms with van der Waals surface area (Å²) >= 11 is 0. The van der Waals surface area contributed by atoms with Crippen LogP contribution in [-0.2, 0) is 27.8 Å². The van der Waals surface area contributed by atoms with E-state index < -0.39 is 10.0 Å². The molecule has 0 aromatic heterocycles. The van der Waals surface area contributed by atoms with Gasteiger partial charge >= 0.3 is 0 Å². The third-order valence-corrected chi connectivity index (χ3v) is 6.70. The Hall–Kier alpha value is -2.58. The summed E-state index contributed by atoms with van der Waals surface area (Å²) in [5, 5.41) is 2.69. The molecule has 2 aromatic rings. The highest BCUT2D eigenvalue weighted by Gasteiger charge is 2.26. The van der Waals surface area contributed by atoms with Crippen molar-refractivity contribution in [2.45, 2.75) is 19.4 Å². The van der Waals surface area contributed by atoms with Crippen LogP contribution in [0.15, 0.2) is 48.5 Å². The highest BCUT2D eigenvalue weighted by atomic mass is 32.2. The van der Waals surface area contributed by atoms with E-state index in [2.05, 4.69) is 5.32 Å². The Kier molecular flexibility index (Phi) is 7.11. The van der Waals surface area contributed by atoms with Crippen LogP contribution in [0.2, 0.25) is 0 Å². The van der Waals surface area contributed by atoms with Crippen LogP contribution < -0.4 is 14.8 Å². The monoisotopic (exact) mass is 418 g/mol. The quantitative estimate of drug-likeness (QED) is 0.630. The van der Waals surface area contributed by atoms with Crippen molar-refractivity contribution in [1.82, 2.24) is 9.62 Å². The lowest BCUT2D eigenvalue weighted by Crippen LogP contribution is -2.38. The first-order valence-electron chi connectivity index (χ1n) is 9.56. The van der Waals surface area contributed by atoms with Crippen molar-refractivity contribution < 1.29 is 22.7 Å². The summed E-state index contributed by atoms with van der Waals surface area (Å²) in [6, 6.07) is 14.9. The summed E-state index contributed by atoms with van der Waals surface area (Å²) in [6.45, 7) is 1.06. The lowest BCUT2D eigenvalue weighted by atomic mass is 10.0. The number of hydrogen-bond acceptors (Lipinski definition) is 5. The van der Waals surface area contributed by atoms with E-state index >= 15 is 0 Å². The summed E-state index contributed by atoms with van der Waals surface area (Å²) in [6.07, 6.45) is 1.08. The topological polar surface area (TPSA) is 84.9 Å². The Morgan fingerprint density at radius 2 is 1.86 bits per heavy atom. The molecule has 7 nitrogen and oxygen atoms in total. The molecule has 0 unspecified atom stereocenters. The minimum absolute atomic E-state index is 0.00614. The SMILES string of the molecule is COc1cccc(OCC(=O)NCCCS(=O)(=O)N2CCc3ccccc3C2)c1. The first-order chi connectivity index (χ1) is 14.0. The summed E-state index contributed by atoms with van der Waals surface area (Å²) in [5.74, 6) is 0.893. The standard InChI is InChI=1S/C21H26N2O5S/c1-27-19-8-4-9-20(14-19)28-16-21(24)22-11-5-13-29(25,26)23-12-10-17-6-2-3-7-18(17)15-23/h2-4,6-9,14H,5,10-13,15-16H2,1H3,(H,22,24). The van der Waals surface area contributed by atoms with E-state index in [9.17, 15) is 13.2 Å². The van der Waals surface area contributed by atoms with Crippen LogP contribution >= 0.6 is 0 Å². The van der Waals surface area contributed by atoms with Gasteiger partial charge in [0.05, 0.1) is 12.9 Å². The fraction of sp³-hybridized carbons (Fsp3) is 0.381. The lowest BCUT2D eigenvalue weighted by molar-refractivity contribution is -0.123. The van der Waals surface area contributed by atoms with Crippen LogP contribution in [0.1, 0.15) is 17.5 Å². The first-order valence-corrected chi connectivity index (χ1v) is 11.2. The van der Waals surface area contributed by atoms with Gasteiger partial charge < -0.3 is 14.8 Å². The van der Waals surface area contributed by atoms with Gasteiger partial charge in [0.15, 0.2) is 6.61 Å². The van der Waals surface area contributed by atoms with Crippen LogP contribution in [-0.4, -0.2) is 51.2 Å². The van der Waals surface area contributed by atoms with Gasteiger partial charge in [-0.3, -0.25) is 4.79 Å². The molecule has 0 saturated heterocycles. The van der Waals surface area contributed by atoms with Crippen molar-refractivity contribution in [2.24, 2.45) is 0 Å². The highest BCUT2D eigenvalue weighted by Crippen LogP contribution is 2.21. The molecule has 3 rings (SSSR count). The van der Waals surface area contributed by atoms with Crippen LogP contribution in [0.3, 0.4) is 0 Å². The highest BCUT2D eigenvalue weighted by molar-refractivity contribution is 7.89. The Morgan fingerprint density at radius 3 is 2.66 bits per heavy atom. The molecule has 1 heterocycles. The number of ether oxygens (including phenoxy) is 2. The zero-order valence-corrected chi connectivity index (χ0v) is 17.3. The van der Waals surface area contributed by atoms with Gasteiger partial charge in [0, 0.05) is 25.7 Å². The Labute approximate surface area is 171 Å². The molecule has 0 radical (unpaired) electrons. The second kappa shape index (κ2) is 9.76. The van der Waals surface area contributed by atoms with Crippen molar-refractivity contribution in [3.05, 3.63) is 59.7 Å². The number of carbonyl (C=O) groups excluding carboxylic acids is 1. The van der Waals surface area contributed by atoms with Crippen LogP contribution in [0.5, 0.6) is 11.5 Å². The minimum Gasteiger partial charge on any atom is -0.497 e. The molecule has 29 heavy (non-hydrogen) atoms. The number of carbonyl (C=O) groups is 1. The molecule has 156 valence electrons. The van der Waals surface area contributed by atoms with Gasteiger partial charge in [-0.1, -0.05) is 30.3 Å². The van der Waals surface area contributed by atoms with Crippen molar-refractivity contribution >= 4 is 15.9 Å². The van der Waals surface area contributed by atoms with Gasteiger partial charge in [0.1, 0.15) is 11.5 Å². The van der Waals surface area contributed by atoms with E-state index in [1.54, 1.807) is 31.4 Å². The average molecular weight is 419 g/mol. The number of nitrogens with zero attached hydrogens (tertiary/aromatic N) is 1. The zero-order valence-electron chi connectivity index (χ0n) is 16.5. The molecule has 2 aromatic carbocycles. The van der Waals surface area contributed by atoms with E-state index in [1.807, 2.05) is 24.3 Å². The number of nitrogens with one attached hydrogen (secondary N) is 1. The third-order valence-electron chi connectivity index (χ3n) is 4.80. The molecule has 0 saturated carbocycles. The van der Waals surface area contributed by atoms with Gasteiger partial charge in [-0.15, -0.1) is 0 Å². The van der Waals surface area contributed by atoms with Gasteiger partial charge in [-0.25, -0.2) is 8.42 Å². The predicted molar refractivity (Wildman–Crippen MR) is 110 cm³/mol. The normalized spacial score (nSPS) is 14.1. The number of hydrogen-bond donors (Lipinski definition) is 1. The number of fused-ring (bicyclic) bond motifs is 1. The minimum atomic E-state index is -3.35. The fourth-order valence-electron chi connectivity index (χ4n) is 3.21. The molecule has 0 spiro atoms. The summed E-state index contributed by atoms with van der Waals surface area (Å²) in [5.41, 5.74) is 2.27. The summed E-state index contributed by atoms with van der Waals surface area (Å²) in [7, 11) is -1.79. The molecular weight excluding hydrogens is 392 g/mol. The van der Waals surface area contributed by atoms with E-state index in [1.165, 1.54) is 9.87 Å². The molecule has 1 amide bonds. The maximum Gasteiger partial charge on any atom is 0.257 e. The fourth-order valence-corrected chi connectivity index (χ4v) is 4.68. The molecule has 0 fully saturated rings. The van der Waals surface area contributed by atoms with E-state index in [4.69, 9.17) is 9.47 Å². The van der Waals surface area contributed by atoms with E-state index in [-0.39, 0.29) is 24.8 Å². The molecule has 1 N–H and O–H groups in total. The molecule has 0 aliphatic carbocycles. The van der Waals surface area contributed by atoms with E-state index in [0.717, 1.165) is 12.0 Å². The Balaban J connectivity index is 1.38. The smallest absolute Gasteiger partial charge is 0.257 e. The van der Waals surface area contributed by atoms with Crippen molar-refractivity contribution in [2.75, 3.05) is 32.6 Å². The van der Waals surface area contributed by atoms with Crippen LogP contribution in [0.4, 0.5) is 0 Å². The van der Waals surface area contributed by atoms with Crippen molar-refractivity contribution in [1.29, 1.82) is 0 Å². The van der Waals surface area contributed by atoms with E-state index in [0.29, 0.717) is 31.0 Å². The first kappa shape index (κ1) is 21.1. The molecule has 8 heteroatoms. The van der Waals surface area contributed by atoms with Gasteiger partial charge in [0.2, 0.25) is 10.0 Å². The maximum atomic E-state index is 12.6. The number of rotatable bonds is 9. The number of amides is 1. The molecule has 0 atom stereocenters. The molecule has 0 bridgehead atoms. The Bertz CT molecular complexity index is 946. The predicted octanol–water partition coefficient (Wildman–Crippen LogP) is 1.97. The third kappa shape index (κ3) is 5.95. The lowest BCUT2D eigenvalue weighted by Gasteiger charge is -2.28. The van der Waals surface area contributed by atoms with Crippen LogP contribution in [0.25, 0.3) is 0 Å². The second-order valence-corrected chi connectivity index (χ2v) is 8.93. The molecular formula is C21H26N2O5S. The largest absolute Gasteiger partial charge is 0.497 e. The van der Waals surface area contributed by atoms with Gasteiger partial charge in [-0.05, 0) is 36.1 Å². The molecule has 1 aliphatic heterocycles. The number of sulfonamides is 1. The average Bonchev–Trinajstić information content (AvgIpc) is 2.75. The van der Waals surface area contributed by atoms with Crippen LogP contribution in [0, 0.1) is 0 Å². The van der Waals surface area contributed by atoms with Crippen molar-refractivity contribution in [3.63, 3.8) is 0 Å². The number of benzene rings is 2.